The molecule has 0 fully saturated rings. The average Bonchev–Trinajstić information content (AvgIpc) is 2.51. The predicted molar refractivity (Wildman–Crippen MR) is 84.7 cm³/mol. The molecule has 3 aromatic rings. The first-order valence-electron chi connectivity index (χ1n) is 7.16. The van der Waals surface area contributed by atoms with Crippen LogP contribution in [0.2, 0.25) is 0 Å². The van der Waals surface area contributed by atoms with Gasteiger partial charge in [0.2, 0.25) is 5.82 Å². The molecule has 128 valence electrons. The highest BCUT2D eigenvalue weighted by Gasteiger charge is 2.21. The van der Waals surface area contributed by atoms with Crippen molar-refractivity contribution in [2.24, 2.45) is 0 Å². The lowest BCUT2D eigenvalue weighted by Gasteiger charge is -2.09. The summed E-state index contributed by atoms with van der Waals surface area (Å²) in [7, 11) is 0. The lowest BCUT2D eigenvalue weighted by molar-refractivity contribution is -0.387. The van der Waals surface area contributed by atoms with Gasteiger partial charge in [-0.15, -0.1) is 0 Å². The van der Waals surface area contributed by atoms with Crippen LogP contribution in [0.5, 0.6) is 5.75 Å². The van der Waals surface area contributed by atoms with E-state index in [0.717, 1.165) is 18.2 Å². The Hall–Kier alpha value is -3.29. The van der Waals surface area contributed by atoms with E-state index < -0.39 is 33.6 Å². The van der Waals surface area contributed by atoms with Crippen LogP contribution in [0, 0.1) is 28.7 Å². The van der Waals surface area contributed by atoms with Crippen LogP contribution in [-0.2, 0) is 6.42 Å². The molecule has 0 radical (unpaired) electrons. The second-order valence-electron chi connectivity index (χ2n) is 5.48. The summed E-state index contributed by atoms with van der Waals surface area (Å²) in [5.41, 5.74) is -1.56. The molecule has 0 saturated heterocycles. The summed E-state index contributed by atoms with van der Waals surface area (Å²) in [6.07, 6.45) is -0.294. The van der Waals surface area contributed by atoms with Crippen molar-refractivity contribution in [2.45, 2.75) is 13.3 Å². The largest absolute Gasteiger partial charge is 0.508 e. The van der Waals surface area contributed by atoms with Crippen molar-refractivity contribution in [1.29, 1.82) is 0 Å². The molecule has 8 heteroatoms. The summed E-state index contributed by atoms with van der Waals surface area (Å²) in [4.78, 5) is 22.1. The highest BCUT2D eigenvalue weighted by molar-refractivity contribution is 5.83. The number of halogens is 2. The summed E-state index contributed by atoms with van der Waals surface area (Å²) in [6.45, 7) is 1.46. The molecule has 0 aliphatic heterocycles. The van der Waals surface area contributed by atoms with E-state index in [0.29, 0.717) is 0 Å². The van der Waals surface area contributed by atoms with Crippen molar-refractivity contribution in [3.8, 4) is 5.75 Å². The standard InChI is InChI=1S/C17H11F2NO5/c1-8-11(5-9-3-2-4-13(16(9)19)20(23)24)17(22)25-14-7-10(21)6-12(18)15(8)14/h2-4,6-7,21H,5H2,1H3. The maximum atomic E-state index is 14.2. The molecule has 1 aromatic heterocycles. The molecule has 0 bridgehead atoms. The molecule has 0 unspecified atom stereocenters. The molecule has 0 spiro atoms. The van der Waals surface area contributed by atoms with Crippen LogP contribution < -0.4 is 5.63 Å². The van der Waals surface area contributed by atoms with Gasteiger partial charge in [-0.2, -0.15) is 4.39 Å². The van der Waals surface area contributed by atoms with Crippen LogP contribution in [0.4, 0.5) is 14.5 Å². The zero-order valence-corrected chi connectivity index (χ0v) is 12.9. The van der Waals surface area contributed by atoms with Crippen LogP contribution in [0.25, 0.3) is 11.0 Å². The summed E-state index contributed by atoms with van der Waals surface area (Å²) < 4.78 is 33.4. The fourth-order valence-corrected chi connectivity index (χ4v) is 2.72. The maximum Gasteiger partial charge on any atom is 0.340 e. The Kier molecular flexibility index (Phi) is 3.96. The smallest absolute Gasteiger partial charge is 0.340 e. The van der Waals surface area contributed by atoms with Crippen molar-refractivity contribution >= 4 is 16.7 Å². The summed E-state index contributed by atoms with van der Waals surface area (Å²) in [5, 5.41) is 20.2. The van der Waals surface area contributed by atoms with E-state index >= 15 is 0 Å². The molecule has 0 atom stereocenters. The Balaban J connectivity index is 2.20. The summed E-state index contributed by atoms with van der Waals surface area (Å²) in [6, 6.07) is 5.58. The number of nitro benzene ring substituents is 1. The van der Waals surface area contributed by atoms with Crippen molar-refractivity contribution in [3.63, 3.8) is 0 Å². The Bertz CT molecular complexity index is 1070. The molecule has 6 nitrogen and oxygen atoms in total. The first-order valence-corrected chi connectivity index (χ1v) is 7.16. The first-order chi connectivity index (χ1) is 11.8. The number of aryl methyl sites for hydroxylation is 1. The molecular formula is C17H11F2NO5. The molecule has 2 aromatic carbocycles. The molecule has 0 saturated carbocycles. The monoisotopic (exact) mass is 347 g/mol. The minimum atomic E-state index is -1.06. The summed E-state index contributed by atoms with van der Waals surface area (Å²) in [5.74, 6) is -2.25. The minimum absolute atomic E-state index is 0.0155. The van der Waals surface area contributed by atoms with Gasteiger partial charge in [0, 0.05) is 30.2 Å². The Morgan fingerprint density at radius 3 is 2.68 bits per heavy atom. The van der Waals surface area contributed by atoms with Crippen molar-refractivity contribution in [1.82, 2.24) is 0 Å². The maximum absolute atomic E-state index is 14.2. The third-order valence-corrected chi connectivity index (χ3v) is 3.94. The highest BCUT2D eigenvalue weighted by Crippen LogP contribution is 2.29. The SMILES string of the molecule is Cc1c(Cc2cccc([N+](=O)[O-])c2F)c(=O)oc2cc(O)cc(F)c12. The van der Waals surface area contributed by atoms with Crippen molar-refractivity contribution in [2.75, 3.05) is 0 Å². The normalized spacial score (nSPS) is 11.0. The van der Waals surface area contributed by atoms with Crippen molar-refractivity contribution in [3.05, 3.63) is 79.2 Å². The summed E-state index contributed by atoms with van der Waals surface area (Å²) >= 11 is 0. The molecule has 0 amide bonds. The van der Waals surface area contributed by atoms with E-state index in [9.17, 15) is 28.8 Å². The molecular weight excluding hydrogens is 336 g/mol. The van der Waals surface area contributed by atoms with Crippen LogP contribution in [0.15, 0.2) is 39.5 Å². The van der Waals surface area contributed by atoms with Gasteiger partial charge in [0.25, 0.3) is 0 Å². The molecule has 1 heterocycles. The third kappa shape index (κ3) is 2.82. The van der Waals surface area contributed by atoms with Crippen LogP contribution in [0.3, 0.4) is 0 Å². The molecule has 0 aliphatic rings. The first kappa shape index (κ1) is 16.6. The van der Waals surface area contributed by atoms with Gasteiger partial charge in [0.15, 0.2) is 0 Å². The van der Waals surface area contributed by atoms with Gasteiger partial charge in [0.05, 0.1) is 10.3 Å². The van der Waals surface area contributed by atoms with E-state index in [-0.39, 0.29) is 34.1 Å². The van der Waals surface area contributed by atoms with E-state index in [1.807, 2.05) is 0 Å². The van der Waals surface area contributed by atoms with Gasteiger partial charge in [-0.3, -0.25) is 10.1 Å². The lowest BCUT2D eigenvalue weighted by atomic mass is 9.98. The number of benzene rings is 2. The topological polar surface area (TPSA) is 93.6 Å². The number of phenols is 1. The number of nitro groups is 1. The zero-order chi connectivity index (χ0) is 18.3. The van der Waals surface area contributed by atoms with Crippen LogP contribution in [0.1, 0.15) is 16.7 Å². The predicted octanol–water partition coefficient (Wildman–Crippen LogP) is 3.58. The van der Waals surface area contributed by atoms with Gasteiger partial charge in [-0.05, 0) is 18.1 Å². The molecule has 1 N–H and O–H groups in total. The number of aromatic hydroxyl groups is 1. The number of hydrogen-bond donors (Lipinski definition) is 1. The van der Waals surface area contributed by atoms with E-state index in [2.05, 4.69) is 0 Å². The second-order valence-corrected chi connectivity index (χ2v) is 5.48. The van der Waals surface area contributed by atoms with Crippen molar-refractivity contribution < 1.29 is 23.2 Å². The fraction of sp³-hybridized carbons (Fsp3) is 0.118. The minimum Gasteiger partial charge on any atom is -0.508 e. The fourth-order valence-electron chi connectivity index (χ4n) is 2.72. The number of fused-ring (bicyclic) bond motifs is 1. The highest BCUT2D eigenvalue weighted by atomic mass is 19.1. The van der Waals surface area contributed by atoms with Gasteiger partial charge < -0.3 is 9.52 Å². The van der Waals surface area contributed by atoms with Gasteiger partial charge in [-0.1, -0.05) is 12.1 Å². The number of rotatable bonds is 3. The Morgan fingerprint density at radius 2 is 2.00 bits per heavy atom. The average molecular weight is 347 g/mol. The number of phenolic OH excluding ortho intramolecular Hbond substituents is 1. The van der Waals surface area contributed by atoms with Crippen LogP contribution in [-0.4, -0.2) is 10.0 Å². The molecule has 0 aliphatic carbocycles. The van der Waals surface area contributed by atoms with E-state index in [4.69, 9.17) is 4.42 Å². The van der Waals surface area contributed by atoms with Crippen LogP contribution >= 0.6 is 0 Å². The quantitative estimate of drug-likeness (QED) is 0.444. The second kappa shape index (κ2) is 5.97. The zero-order valence-electron chi connectivity index (χ0n) is 12.9. The van der Waals surface area contributed by atoms with E-state index in [1.165, 1.54) is 19.1 Å². The third-order valence-electron chi connectivity index (χ3n) is 3.94. The van der Waals surface area contributed by atoms with Gasteiger partial charge in [0.1, 0.15) is 17.1 Å². The Morgan fingerprint density at radius 1 is 1.28 bits per heavy atom. The molecule has 25 heavy (non-hydrogen) atoms. The Labute approximate surface area is 139 Å². The van der Waals surface area contributed by atoms with Gasteiger partial charge in [-0.25, -0.2) is 9.18 Å². The number of hydrogen-bond acceptors (Lipinski definition) is 5. The molecule has 3 rings (SSSR count). The number of nitrogens with zero attached hydrogens (tertiary/aromatic N) is 1. The van der Waals surface area contributed by atoms with Gasteiger partial charge >= 0.3 is 11.3 Å². The van der Waals surface area contributed by atoms with E-state index in [1.54, 1.807) is 0 Å². The lowest BCUT2D eigenvalue weighted by Crippen LogP contribution is -2.12.